The second-order valence-electron chi connectivity index (χ2n) is 6.72. The van der Waals surface area contributed by atoms with Crippen molar-refractivity contribution in [1.82, 2.24) is 0 Å². The molecule has 2 rings (SSSR count). The molecule has 0 saturated heterocycles. The van der Waals surface area contributed by atoms with E-state index in [0.717, 1.165) is 23.8 Å². The van der Waals surface area contributed by atoms with Gasteiger partial charge in [-0.1, -0.05) is 45.0 Å². The van der Waals surface area contributed by atoms with Gasteiger partial charge < -0.3 is 4.74 Å². The van der Waals surface area contributed by atoms with Crippen molar-refractivity contribution in [3.05, 3.63) is 65.2 Å². The van der Waals surface area contributed by atoms with Crippen LogP contribution in [0.25, 0.3) is 0 Å². The van der Waals surface area contributed by atoms with Gasteiger partial charge in [0, 0.05) is 18.1 Å². The zero-order chi connectivity index (χ0) is 17.0. The molecular weight excluding hydrogens is 298 g/mol. The third kappa shape index (κ3) is 5.16. The van der Waals surface area contributed by atoms with Crippen LogP contribution in [-0.2, 0) is 6.61 Å². The number of ketones is 1. The first-order valence-corrected chi connectivity index (χ1v) is 7.44. The lowest BCUT2D eigenvalue weighted by Crippen LogP contribution is -2.13. The zero-order valence-electron chi connectivity index (χ0n) is 13.5. The summed E-state index contributed by atoms with van der Waals surface area (Å²) in [4.78, 5) is 12.1. The first-order chi connectivity index (χ1) is 10.7. The van der Waals surface area contributed by atoms with E-state index in [1.165, 1.54) is 0 Å². The molecule has 2 aromatic rings. The van der Waals surface area contributed by atoms with Gasteiger partial charge in [0.1, 0.15) is 12.4 Å². The van der Waals surface area contributed by atoms with E-state index in [0.29, 0.717) is 12.0 Å². The summed E-state index contributed by atoms with van der Waals surface area (Å²) in [7, 11) is 0. The van der Waals surface area contributed by atoms with E-state index in [4.69, 9.17) is 4.74 Å². The fourth-order valence-corrected chi connectivity index (χ4v) is 2.12. The third-order valence-corrected chi connectivity index (χ3v) is 3.25. The molecule has 0 fully saturated rings. The number of rotatable bonds is 5. The van der Waals surface area contributed by atoms with Gasteiger partial charge in [-0.25, -0.2) is 8.78 Å². The number of carbonyl (C=O) groups excluding carboxylic acids is 1. The van der Waals surface area contributed by atoms with E-state index in [1.54, 1.807) is 24.3 Å². The van der Waals surface area contributed by atoms with Gasteiger partial charge in [-0.15, -0.1) is 0 Å². The minimum Gasteiger partial charge on any atom is -0.486 e. The van der Waals surface area contributed by atoms with Gasteiger partial charge in [-0.2, -0.15) is 0 Å². The van der Waals surface area contributed by atoms with Gasteiger partial charge in [0.15, 0.2) is 17.3 Å². The number of ether oxygens (including phenoxy) is 1. The summed E-state index contributed by atoms with van der Waals surface area (Å²) in [5, 5.41) is 0. The van der Waals surface area contributed by atoms with Crippen LogP contribution in [0.3, 0.4) is 0 Å². The van der Waals surface area contributed by atoms with Crippen LogP contribution in [0.2, 0.25) is 0 Å². The molecule has 2 aromatic carbocycles. The van der Waals surface area contributed by atoms with E-state index in [1.807, 2.05) is 20.8 Å². The maximum Gasteiger partial charge on any atom is 0.165 e. The Morgan fingerprint density at radius 3 is 2.30 bits per heavy atom. The standard InChI is InChI=1S/C19H20F2O2/c1-19(2,3)11-17(22)14-6-4-13(5-7-14)12-23-18-10-15(20)8-9-16(18)21/h4-10H,11-12H2,1-3H3. The van der Waals surface area contributed by atoms with Crippen molar-refractivity contribution >= 4 is 5.78 Å². The lowest BCUT2D eigenvalue weighted by atomic mass is 9.88. The van der Waals surface area contributed by atoms with Crippen molar-refractivity contribution in [3.63, 3.8) is 0 Å². The second-order valence-corrected chi connectivity index (χ2v) is 6.72. The van der Waals surface area contributed by atoms with Crippen LogP contribution >= 0.6 is 0 Å². The van der Waals surface area contributed by atoms with Gasteiger partial charge in [0.2, 0.25) is 0 Å². The number of hydrogen-bond donors (Lipinski definition) is 0. The van der Waals surface area contributed by atoms with Crippen LogP contribution in [0.4, 0.5) is 8.78 Å². The summed E-state index contributed by atoms with van der Waals surface area (Å²) in [6.07, 6.45) is 0.470. The molecule has 0 radical (unpaired) electrons. The van der Waals surface area contributed by atoms with Crippen LogP contribution in [-0.4, -0.2) is 5.78 Å². The molecule has 0 aliphatic heterocycles. The Kier molecular flexibility index (Phi) is 5.14. The number of Topliss-reactive ketones (excluding diaryl/α,β-unsaturated/α-hetero) is 1. The van der Waals surface area contributed by atoms with Gasteiger partial charge >= 0.3 is 0 Å². The average molecular weight is 318 g/mol. The Hall–Kier alpha value is -2.23. The van der Waals surface area contributed by atoms with Crippen molar-refractivity contribution in [2.75, 3.05) is 0 Å². The first-order valence-electron chi connectivity index (χ1n) is 7.44. The van der Waals surface area contributed by atoms with Crippen LogP contribution in [0.1, 0.15) is 43.1 Å². The van der Waals surface area contributed by atoms with Gasteiger partial charge in [-0.05, 0) is 23.1 Å². The van der Waals surface area contributed by atoms with Crippen LogP contribution in [0.15, 0.2) is 42.5 Å². The third-order valence-electron chi connectivity index (χ3n) is 3.25. The first kappa shape index (κ1) is 17.1. The van der Waals surface area contributed by atoms with Crippen molar-refractivity contribution in [1.29, 1.82) is 0 Å². The highest BCUT2D eigenvalue weighted by Crippen LogP contribution is 2.22. The summed E-state index contributed by atoms with van der Waals surface area (Å²) < 4.78 is 31.8. The minimum atomic E-state index is -0.608. The van der Waals surface area contributed by atoms with E-state index in [9.17, 15) is 13.6 Å². The number of hydrogen-bond acceptors (Lipinski definition) is 2. The molecule has 0 bridgehead atoms. The molecule has 0 saturated carbocycles. The van der Waals surface area contributed by atoms with Crippen LogP contribution in [0, 0.1) is 17.0 Å². The molecule has 0 aromatic heterocycles. The highest BCUT2D eigenvalue weighted by Gasteiger charge is 2.17. The molecule has 122 valence electrons. The molecule has 2 nitrogen and oxygen atoms in total. The molecule has 4 heteroatoms. The quantitative estimate of drug-likeness (QED) is 0.712. The molecule has 0 atom stereocenters. The maximum absolute atomic E-state index is 13.5. The Morgan fingerprint density at radius 1 is 1.04 bits per heavy atom. The fourth-order valence-electron chi connectivity index (χ4n) is 2.12. The predicted octanol–water partition coefficient (Wildman–Crippen LogP) is 5.16. The zero-order valence-corrected chi connectivity index (χ0v) is 13.5. The van der Waals surface area contributed by atoms with Crippen LogP contribution in [0.5, 0.6) is 5.75 Å². The predicted molar refractivity (Wildman–Crippen MR) is 85.5 cm³/mol. The fraction of sp³-hybridized carbons (Fsp3) is 0.316. The lowest BCUT2D eigenvalue weighted by Gasteiger charge is -2.16. The summed E-state index contributed by atoms with van der Waals surface area (Å²) in [6, 6.07) is 10.1. The molecule has 23 heavy (non-hydrogen) atoms. The molecule has 0 amide bonds. The highest BCUT2D eigenvalue weighted by atomic mass is 19.1. The summed E-state index contributed by atoms with van der Waals surface area (Å²) in [5.41, 5.74) is 1.36. The van der Waals surface area contributed by atoms with E-state index >= 15 is 0 Å². The molecule has 0 unspecified atom stereocenters. The van der Waals surface area contributed by atoms with Crippen LogP contribution < -0.4 is 4.74 Å². The molecule has 0 N–H and O–H groups in total. The Balaban J connectivity index is 2.00. The minimum absolute atomic E-state index is 0.0617. The molecular formula is C19H20F2O2. The largest absolute Gasteiger partial charge is 0.486 e. The summed E-state index contributed by atoms with van der Waals surface area (Å²) >= 11 is 0. The average Bonchev–Trinajstić information content (AvgIpc) is 2.47. The topological polar surface area (TPSA) is 26.3 Å². The van der Waals surface area contributed by atoms with Crippen molar-refractivity contribution in [3.8, 4) is 5.75 Å². The van der Waals surface area contributed by atoms with E-state index in [2.05, 4.69) is 0 Å². The molecule has 0 spiro atoms. The monoisotopic (exact) mass is 318 g/mol. The van der Waals surface area contributed by atoms with Gasteiger partial charge in [0.25, 0.3) is 0 Å². The Morgan fingerprint density at radius 2 is 1.70 bits per heavy atom. The highest BCUT2D eigenvalue weighted by molar-refractivity contribution is 5.96. The number of benzene rings is 2. The van der Waals surface area contributed by atoms with E-state index in [-0.39, 0.29) is 23.6 Å². The van der Waals surface area contributed by atoms with Crippen molar-refractivity contribution < 1.29 is 18.3 Å². The number of carbonyl (C=O) groups is 1. The van der Waals surface area contributed by atoms with Crippen molar-refractivity contribution in [2.24, 2.45) is 5.41 Å². The van der Waals surface area contributed by atoms with E-state index < -0.39 is 11.6 Å². The van der Waals surface area contributed by atoms with Gasteiger partial charge in [-0.3, -0.25) is 4.79 Å². The van der Waals surface area contributed by atoms with Crippen molar-refractivity contribution in [2.45, 2.75) is 33.8 Å². The summed E-state index contributed by atoms with van der Waals surface area (Å²) in [5.74, 6) is -1.20. The Bertz CT molecular complexity index is 686. The number of halogens is 2. The lowest BCUT2D eigenvalue weighted by molar-refractivity contribution is 0.0940. The second kappa shape index (κ2) is 6.90. The Labute approximate surface area is 135 Å². The maximum atomic E-state index is 13.5. The normalized spacial score (nSPS) is 11.3. The molecule has 0 aliphatic carbocycles. The molecule has 0 aliphatic rings. The smallest absolute Gasteiger partial charge is 0.165 e. The molecule has 0 heterocycles. The summed E-state index contributed by atoms with van der Waals surface area (Å²) in [6.45, 7) is 6.15. The SMILES string of the molecule is CC(C)(C)CC(=O)c1ccc(COc2cc(F)ccc2F)cc1. The van der Waals surface area contributed by atoms with Gasteiger partial charge in [0.05, 0.1) is 0 Å².